The first-order valence-electron chi connectivity index (χ1n) is 5.85. The lowest BCUT2D eigenvalue weighted by atomic mass is 10.3. The molecule has 0 unspecified atom stereocenters. The van der Waals surface area contributed by atoms with Crippen molar-refractivity contribution in [2.45, 2.75) is 13.3 Å². The minimum atomic E-state index is -1.21. The number of ether oxygens (including phenoxy) is 1. The number of aromatic nitrogens is 2. The fraction of sp³-hybridized carbons (Fsp3) is 0.167. The van der Waals surface area contributed by atoms with Crippen LogP contribution in [0.15, 0.2) is 18.2 Å². The number of nitro benzene ring substituents is 1. The van der Waals surface area contributed by atoms with E-state index in [1.165, 1.54) is 6.07 Å². The van der Waals surface area contributed by atoms with Gasteiger partial charge < -0.3 is 10.5 Å². The molecule has 0 aliphatic heterocycles. The third-order valence-corrected chi connectivity index (χ3v) is 2.50. The van der Waals surface area contributed by atoms with E-state index in [9.17, 15) is 18.9 Å². The van der Waals surface area contributed by atoms with Crippen molar-refractivity contribution in [2.24, 2.45) is 0 Å². The standard InChI is InChI=1S/C12H10F2N4O3/c1-2-11-16-10(15)5-12(17-11)21-9-4-6(13)8(18(19)20)3-7(9)14/h3-5H,2H2,1H3,(H2,15,16,17). The van der Waals surface area contributed by atoms with Gasteiger partial charge in [0, 0.05) is 18.6 Å². The summed E-state index contributed by atoms with van der Waals surface area (Å²) in [6.45, 7) is 1.78. The Labute approximate surface area is 117 Å². The molecule has 0 saturated carbocycles. The van der Waals surface area contributed by atoms with Gasteiger partial charge in [-0.15, -0.1) is 0 Å². The summed E-state index contributed by atoms with van der Waals surface area (Å²) < 4.78 is 32.2. The van der Waals surface area contributed by atoms with Crippen LogP contribution in [0.1, 0.15) is 12.7 Å². The second-order valence-corrected chi connectivity index (χ2v) is 3.99. The van der Waals surface area contributed by atoms with Gasteiger partial charge in [0.05, 0.1) is 11.0 Å². The third-order valence-electron chi connectivity index (χ3n) is 2.50. The van der Waals surface area contributed by atoms with Crippen molar-refractivity contribution in [2.75, 3.05) is 5.73 Å². The Morgan fingerprint density at radius 2 is 2.00 bits per heavy atom. The number of benzene rings is 1. The monoisotopic (exact) mass is 296 g/mol. The van der Waals surface area contributed by atoms with Gasteiger partial charge in [-0.25, -0.2) is 9.37 Å². The van der Waals surface area contributed by atoms with Crippen molar-refractivity contribution in [1.82, 2.24) is 9.97 Å². The van der Waals surface area contributed by atoms with E-state index < -0.39 is 28.0 Å². The lowest BCUT2D eigenvalue weighted by molar-refractivity contribution is -0.387. The molecule has 0 bridgehead atoms. The highest BCUT2D eigenvalue weighted by atomic mass is 19.1. The molecular weight excluding hydrogens is 286 g/mol. The van der Waals surface area contributed by atoms with E-state index in [4.69, 9.17) is 10.5 Å². The number of aryl methyl sites for hydroxylation is 1. The van der Waals surface area contributed by atoms with Crippen LogP contribution in [0, 0.1) is 21.7 Å². The van der Waals surface area contributed by atoms with E-state index in [0.29, 0.717) is 24.4 Å². The first-order valence-corrected chi connectivity index (χ1v) is 5.85. The predicted octanol–water partition coefficient (Wildman–Crippen LogP) is 2.60. The lowest BCUT2D eigenvalue weighted by Crippen LogP contribution is -2.02. The van der Waals surface area contributed by atoms with Crippen LogP contribution < -0.4 is 10.5 Å². The van der Waals surface area contributed by atoms with Gasteiger partial charge in [0.15, 0.2) is 11.6 Å². The van der Waals surface area contributed by atoms with Crippen LogP contribution in [-0.4, -0.2) is 14.9 Å². The number of anilines is 1. The summed E-state index contributed by atoms with van der Waals surface area (Å²) in [6, 6.07) is 2.26. The smallest absolute Gasteiger partial charge is 0.307 e. The number of nitrogens with zero attached hydrogens (tertiary/aromatic N) is 3. The Morgan fingerprint density at radius 1 is 1.29 bits per heavy atom. The molecule has 0 aliphatic carbocycles. The van der Waals surface area contributed by atoms with Gasteiger partial charge in [0.2, 0.25) is 11.7 Å². The lowest BCUT2D eigenvalue weighted by Gasteiger charge is -2.08. The first-order chi connectivity index (χ1) is 9.90. The molecule has 0 saturated heterocycles. The maximum atomic E-state index is 13.7. The summed E-state index contributed by atoms with van der Waals surface area (Å²) >= 11 is 0. The Hall–Kier alpha value is -2.84. The van der Waals surface area contributed by atoms with Crippen molar-refractivity contribution in [3.05, 3.63) is 45.8 Å². The number of nitro groups is 1. The highest BCUT2D eigenvalue weighted by Gasteiger charge is 2.20. The average molecular weight is 296 g/mol. The number of hydrogen-bond donors (Lipinski definition) is 1. The normalized spacial score (nSPS) is 10.4. The molecule has 7 nitrogen and oxygen atoms in total. The van der Waals surface area contributed by atoms with E-state index in [2.05, 4.69) is 9.97 Å². The van der Waals surface area contributed by atoms with Crippen molar-refractivity contribution >= 4 is 11.5 Å². The van der Waals surface area contributed by atoms with Crippen LogP contribution >= 0.6 is 0 Å². The van der Waals surface area contributed by atoms with Gasteiger partial charge in [-0.1, -0.05) is 6.92 Å². The van der Waals surface area contributed by atoms with Gasteiger partial charge in [-0.3, -0.25) is 10.1 Å². The van der Waals surface area contributed by atoms with Crippen LogP contribution in [0.5, 0.6) is 11.6 Å². The predicted molar refractivity (Wildman–Crippen MR) is 68.9 cm³/mol. The zero-order chi connectivity index (χ0) is 15.6. The highest BCUT2D eigenvalue weighted by molar-refractivity contribution is 5.42. The first kappa shape index (κ1) is 14.6. The molecule has 1 aromatic heterocycles. The molecule has 1 heterocycles. The van der Waals surface area contributed by atoms with Gasteiger partial charge in [0.1, 0.15) is 11.6 Å². The molecule has 0 atom stereocenters. The van der Waals surface area contributed by atoms with Crippen molar-refractivity contribution in [3.8, 4) is 11.6 Å². The summed E-state index contributed by atoms with van der Waals surface area (Å²) in [4.78, 5) is 17.3. The van der Waals surface area contributed by atoms with E-state index >= 15 is 0 Å². The maximum Gasteiger partial charge on any atom is 0.307 e. The van der Waals surface area contributed by atoms with Crippen molar-refractivity contribution < 1.29 is 18.4 Å². The Kier molecular flexibility index (Phi) is 3.92. The largest absolute Gasteiger partial charge is 0.436 e. The second-order valence-electron chi connectivity index (χ2n) is 3.99. The van der Waals surface area contributed by atoms with Crippen molar-refractivity contribution in [1.29, 1.82) is 0 Å². The maximum absolute atomic E-state index is 13.7. The van der Waals surface area contributed by atoms with Crippen LogP contribution in [0.4, 0.5) is 20.3 Å². The molecule has 2 aromatic rings. The molecule has 9 heteroatoms. The van der Waals surface area contributed by atoms with Gasteiger partial charge >= 0.3 is 5.69 Å². The summed E-state index contributed by atoms with van der Waals surface area (Å²) in [6.07, 6.45) is 0.471. The number of hydrogen-bond acceptors (Lipinski definition) is 6. The zero-order valence-corrected chi connectivity index (χ0v) is 10.8. The van der Waals surface area contributed by atoms with Crippen LogP contribution in [-0.2, 0) is 6.42 Å². The number of rotatable bonds is 4. The Bertz CT molecular complexity index is 709. The summed E-state index contributed by atoms with van der Waals surface area (Å²) in [5.74, 6) is -2.43. The molecule has 0 amide bonds. The molecule has 1 aromatic carbocycles. The fourth-order valence-electron chi connectivity index (χ4n) is 1.55. The van der Waals surface area contributed by atoms with Crippen LogP contribution in [0.3, 0.4) is 0 Å². The Morgan fingerprint density at radius 3 is 2.62 bits per heavy atom. The minimum Gasteiger partial charge on any atom is -0.436 e. The van der Waals surface area contributed by atoms with Gasteiger partial charge in [-0.2, -0.15) is 9.37 Å². The average Bonchev–Trinajstić information content (AvgIpc) is 2.41. The quantitative estimate of drug-likeness (QED) is 0.687. The molecule has 21 heavy (non-hydrogen) atoms. The molecular formula is C12H10F2N4O3. The van der Waals surface area contributed by atoms with E-state index in [1.807, 2.05) is 0 Å². The zero-order valence-electron chi connectivity index (χ0n) is 10.8. The molecule has 110 valence electrons. The summed E-state index contributed by atoms with van der Waals surface area (Å²) in [5, 5.41) is 10.5. The number of halogens is 2. The van der Waals surface area contributed by atoms with E-state index in [0.717, 1.165) is 0 Å². The number of nitrogen functional groups attached to an aromatic ring is 1. The minimum absolute atomic E-state index is 0.0773. The Balaban J connectivity index is 2.38. The molecule has 0 radical (unpaired) electrons. The molecule has 0 spiro atoms. The molecule has 0 aliphatic rings. The van der Waals surface area contributed by atoms with E-state index in [-0.39, 0.29) is 11.7 Å². The SMILES string of the molecule is CCc1nc(N)cc(Oc2cc(F)c([N+](=O)[O-])cc2F)n1. The molecule has 2 N–H and O–H groups in total. The molecule has 0 fully saturated rings. The van der Waals surface area contributed by atoms with Crippen LogP contribution in [0.25, 0.3) is 0 Å². The van der Waals surface area contributed by atoms with Crippen LogP contribution in [0.2, 0.25) is 0 Å². The highest BCUT2D eigenvalue weighted by Crippen LogP contribution is 2.29. The summed E-state index contributed by atoms with van der Waals surface area (Å²) in [5.41, 5.74) is 4.56. The van der Waals surface area contributed by atoms with Crippen molar-refractivity contribution in [3.63, 3.8) is 0 Å². The third kappa shape index (κ3) is 3.19. The van der Waals surface area contributed by atoms with Gasteiger partial charge in [0.25, 0.3) is 0 Å². The van der Waals surface area contributed by atoms with Gasteiger partial charge in [-0.05, 0) is 0 Å². The van der Waals surface area contributed by atoms with E-state index in [1.54, 1.807) is 6.92 Å². The summed E-state index contributed by atoms with van der Waals surface area (Å²) in [7, 11) is 0. The topological polar surface area (TPSA) is 104 Å². The molecule has 2 rings (SSSR count). The second kappa shape index (κ2) is 5.65. The fourth-order valence-corrected chi connectivity index (χ4v) is 1.55. The number of nitrogens with two attached hydrogens (primary N) is 1.